The quantitative estimate of drug-likeness (QED) is 0.448. The van der Waals surface area contributed by atoms with Gasteiger partial charge in [-0.25, -0.2) is 0 Å². The normalized spacial score (nSPS) is 14.9. The van der Waals surface area contributed by atoms with Crippen LogP contribution in [0.3, 0.4) is 0 Å². The van der Waals surface area contributed by atoms with Gasteiger partial charge in [0.1, 0.15) is 17.2 Å². The molecule has 33 heavy (non-hydrogen) atoms. The highest BCUT2D eigenvalue weighted by Gasteiger charge is 2.18. The summed E-state index contributed by atoms with van der Waals surface area (Å²) >= 11 is 5.90. The van der Waals surface area contributed by atoms with E-state index in [1.807, 2.05) is 62.4 Å². The zero-order valence-corrected chi connectivity index (χ0v) is 20.5. The number of halogens is 1. The first-order valence-corrected chi connectivity index (χ1v) is 12.3. The zero-order valence-electron chi connectivity index (χ0n) is 19.8. The monoisotopic (exact) mass is 473 g/mol. The van der Waals surface area contributed by atoms with Crippen LogP contribution in [0.2, 0.25) is 5.02 Å². The van der Waals surface area contributed by atoms with Crippen molar-refractivity contribution in [3.05, 3.63) is 53.6 Å². The number of hydrogen-bond donors (Lipinski definition) is 1. The van der Waals surface area contributed by atoms with Crippen LogP contribution in [0.4, 0.5) is 0 Å². The Morgan fingerprint density at radius 3 is 2.09 bits per heavy atom. The molecular weight excluding hydrogens is 438 g/mol. The molecule has 1 N–H and O–H groups in total. The molecule has 7 heteroatoms. The van der Waals surface area contributed by atoms with Gasteiger partial charge in [0.2, 0.25) is 5.91 Å². The van der Waals surface area contributed by atoms with E-state index in [2.05, 4.69) is 15.1 Å². The predicted octanol–water partition coefficient (Wildman–Crippen LogP) is 4.82. The van der Waals surface area contributed by atoms with E-state index in [-0.39, 0.29) is 11.9 Å². The van der Waals surface area contributed by atoms with Gasteiger partial charge < -0.3 is 19.7 Å². The van der Waals surface area contributed by atoms with E-state index in [1.165, 1.54) is 6.42 Å². The number of carbonyl (C=O) groups is 1. The summed E-state index contributed by atoms with van der Waals surface area (Å²) in [5.41, 5.74) is 0. The van der Waals surface area contributed by atoms with E-state index in [0.717, 1.165) is 69.4 Å². The third-order valence-corrected chi connectivity index (χ3v) is 5.79. The molecule has 0 spiro atoms. The molecule has 0 aromatic heterocycles. The summed E-state index contributed by atoms with van der Waals surface area (Å²) in [5, 5.41) is 3.66. The summed E-state index contributed by atoms with van der Waals surface area (Å²) < 4.78 is 11.7. The van der Waals surface area contributed by atoms with E-state index in [0.29, 0.717) is 11.6 Å². The maximum atomic E-state index is 11.9. The van der Waals surface area contributed by atoms with Crippen LogP contribution < -0.4 is 14.8 Å². The average molecular weight is 474 g/mol. The Labute approximate surface area is 202 Å². The summed E-state index contributed by atoms with van der Waals surface area (Å²) in [4.78, 5) is 16.6. The smallest absolute Gasteiger partial charge is 0.234 e. The summed E-state index contributed by atoms with van der Waals surface area (Å²) in [5.74, 6) is 2.51. The van der Waals surface area contributed by atoms with Crippen molar-refractivity contribution >= 4 is 17.5 Å². The van der Waals surface area contributed by atoms with Crippen LogP contribution in [0.5, 0.6) is 17.2 Å². The molecule has 0 atom stereocenters. The second-order valence-corrected chi connectivity index (χ2v) is 9.21. The molecule has 0 bridgehead atoms. The van der Waals surface area contributed by atoms with E-state index >= 15 is 0 Å². The number of rotatable bonds is 12. The van der Waals surface area contributed by atoms with Gasteiger partial charge in [0, 0.05) is 37.2 Å². The molecule has 3 rings (SSSR count). The molecule has 1 fully saturated rings. The largest absolute Gasteiger partial charge is 0.494 e. The molecule has 0 radical (unpaired) electrons. The molecule has 180 valence electrons. The fraction of sp³-hybridized carbons (Fsp3) is 0.500. The Kier molecular flexibility index (Phi) is 10.3. The number of benzene rings is 2. The Morgan fingerprint density at radius 2 is 1.45 bits per heavy atom. The van der Waals surface area contributed by atoms with Crippen molar-refractivity contribution in [1.29, 1.82) is 0 Å². The summed E-state index contributed by atoms with van der Waals surface area (Å²) in [6.07, 6.45) is 3.36. The highest BCUT2D eigenvalue weighted by Crippen LogP contribution is 2.25. The Bertz CT molecular complexity index is 835. The molecular formula is C26H36ClN3O3. The maximum Gasteiger partial charge on any atom is 0.234 e. The average Bonchev–Trinajstić information content (AvgIpc) is 2.79. The van der Waals surface area contributed by atoms with Gasteiger partial charge in [0.05, 0.1) is 13.2 Å². The first-order chi connectivity index (χ1) is 16.0. The molecule has 1 aliphatic rings. The number of amides is 1. The number of nitrogens with one attached hydrogen (secondary N) is 1. The minimum atomic E-state index is 0.127. The third kappa shape index (κ3) is 9.62. The van der Waals surface area contributed by atoms with Gasteiger partial charge in [-0.15, -0.1) is 0 Å². The molecule has 0 unspecified atom stereocenters. The van der Waals surface area contributed by atoms with Crippen molar-refractivity contribution < 1.29 is 14.3 Å². The number of carbonyl (C=O) groups excluding carboxylic acids is 1. The topological polar surface area (TPSA) is 54.0 Å². The first kappa shape index (κ1) is 25.3. The summed E-state index contributed by atoms with van der Waals surface area (Å²) in [6.45, 7) is 10.3. The summed E-state index contributed by atoms with van der Waals surface area (Å²) in [6, 6.07) is 15.2. The second kappa shape index (κ2) is 13.4. The van der Waals surface area contributed by atoms with Crippen molar-refractivity contribution in [3.63, 3.8) is 0 Å². The lowest BCUT2D eigenvalue weighted by Gasteiger charge is -2.34. The van der Waals surface area contributed by atoms with Gasteiger partial charge in [-0.3, -0.25) is 9.69 Å². The van der Waals surface area contributed by atoms with Gasteiger partial charge in [-0.05, 0) is 88.2 Å². The predicted molar refractivity (Wildman–Crippen MR) is 133 cm³/mol. The Hall–Kier alpha value is -2.28. The van der Waals surface area contributed by atoms with E-state index < -0.39 is 0 Å². The van der Waals surface area contributed by atoms with Crippen LogP contribution in [0, 0.1) is 0 Å². The van der Waals surface area contributed by atoms with Crippen molar-refractivity contribution in [2.75, 3.05) is 45.9 Å². The minimum absolute atomic E-state index is 0.127. The molecule has 2 aromatic rings. The summed E-state index contributed by atoms with van der Waals surface area (Å²) in [7, 11) is 0. The van der Waals surface area contributed by atoms with Crippen molar-refractivity contribution in [2.24, 2.45) is 0 Å². The van der Waals surface area contributed by atoms with Gasteiger partial charge in [-0.2, -0.15) is 0 Å². The number of unbranched alkanes of at least 4 members (excludes halogenated alkanes) is 2. The Balaban J connectivity index is 1.23. The Morgan fingerprint density at radius 1 is 0.879 bits per heavy atom. The standard InChI is InChI=1S/C26H36ClN3O3/c1-21(2)28-26(31)20-30-17-15-29(16-18-30)14-4-3-5-19-32-23-10-12-25(13-11-23)33-24-8-6-22(27)7-9-24/h6-13,21H,3-5,14-20H2,1-2H3,(H,28,31). The second-order valence-electron chi connectivity index (χ2n) is 8.78. The van der Waals surface area contributed by atoms with Gasteiger partial charge in [0.15, 0.2) is 0 Å². The van der Waals surface area contributed by atoms with E-state index in [1.54, 1.807) is 0 Å². The number of piperazine rings is 1. The zero-order chi connectivity index (χ0) is 23.5. The van der Waals surface area contributed by atoms with E-state index in [4.69, 9.17) is 21.1 Å². The highest BCUT2D eigenvalue weighted by atomic mass is 35.5. The first-order valence-electron chi connectivity index (χ1n) is 11.9. The molecule has 1 amide bonds. The molecule has 2 aromatic carbocycles. The number of nitrogens with zero attached hydrogens (tertiary/aromatic N) is 2. The molecule has 0 aliphatic carbocycles. The molecule has 1 heterocycles. The molecule has 6 nitrogen and oxygen atoms in total. The third-order valence-electron chi connectivity index (χ3n) is 5.54. The van der Waals surface area contributed by atoms with Gasteiger partial charge in [0.25, 0.3) is 0 Å². The molecule has 1 aliphatic heterocycles. The minimum Gasteiger partial charge on any atom is -0.494 e. The van der Waals surface area contributed by atoms with Gasteiger partial charge in [-0.1, -0.05) is 11.6 Å². The van der Waals surface area contributed by atoms with Crippen LogP contribution in [0.25, 0.3) is 0 Å². The van der Waals surface area contributed by atoms with Crippen molar-refractivity contribution in [1.82, 2.24) is 15.1 Å². The molecule has 0 saturated carbocycles. The van der Waals surface area contributed by atoms with Crippen LogP contribution in [0.15, 0.2) is 48.5 Å². The fourth-order valence-electron chi connectivity index (χ4n) is 3.79. The number of ether oxygens (including phenoxy) is 2. The number of hydrogen-bond acceptors (Lipinski definition) is 5. The lowest BCUT2D eigenvalue weighted by molar-refractivity contribution is -0.123. The SMILES string of the molecule is CC(C)NC(=O)CN1CCN(CCCCCOc2ccc(Oc3ccc(Cl)cc3)cc2)CC1. The highest BCUT2D eigenvalue weighted by molar-refractivity contribution is 6.30. The van der Waals surface area contributed by atoms with Gasteiger partial charge >= 0.3 is 0 Å². The van der Waals surface area contributed by atoms with Crippen LogP contribution in [0.1, 0.15) is 33.1 Å². The van der Waals surface area contributed by atoms with Crippen molar-refractivity contribution in [3.8, 4) is 17.2 Å². The van der Waals surface area contributed by atoms with Crippen molar-refractivity contribution in [2.45, 2.75) is 39.2 Å². The molecule has 1 saturated heterocycles. The maximum absolute atomic E-state index is 11.9. The van der Waals surface area contributed by atoms with E-state index in [9.17, 15) is 4.79 Å². The van der Waals surface area contributed by atoms with Crippen LogP contribution in [-0.2, 0) is 4.79 Å². The fourth-order valence-corrected chi connectivity index (χ4v) is 3.91. The lowest BCUT2D eigenvalue weighted by atomic mass is 10.2. The lowest BCUT2D eigenvalue weighted by Crippen LogP contribution is -2.50. The van der Waals surface area contributed by atoms with Crippen LogP contribution >= 0.6 is 11.6 Å². The van der Waals surface area contributed by atoms with Crippen LogP contribution in [-0.4, -0.2) is 67.6 Å².